The molecule has 1 heterocycles. The molecule has 4 saturated carbocycles. The molecule has 3 nitrogen and oxygen atoms in total. The van der Waals surface area contributed by atoms with Gasteiger partial charge >= 0.3 is 0 Å². The maximum atomic E-state index is 12.7. The second kappa shape index (κ2) is 4.79. The van der Waals surface area contributed by atoms with E-state index in [0.29, 0.717) is 6.04 Å². The minimum atomic E-state index is 0.104. The lowest BCUT2D eigenvalue weighted by Crippen LogP contribution is -2.55. The van der Waals surface area contributed by atoms with Crippen molar-refractivity contribution in [3.8, 4) is 0 Å². The van der Waals surface area contributed by atoms with Crippen LogP contribution < -0.4 is 5.32 Å². The van der Waals surface area contributed by atoms with Crippen molar-refractivity contribution in [2.75, 3.05) is 0 Å². The molecule has 1 N–H and O–H groups in total. The summed E-state index contributed by atoms with van der Waals surface area (Å²) in [7, 11) is 0. The normalized spacial score (nSPS) is 35.9. The molecule has 0 aliphatic heterocycles. The Morgan fingerprint density at radius 2 is 1.82 bits per heavy atom. The number of benzene rings is 1. The van der Waals surface area contributed by atoms with Crippen molar-refractivity contribution in [1.82, 2.24) is 10.3 Å². The third-order valence-corrected chi connectivity index (χ3v) is 6.91. The third kappa shape index (κ3) is 2.00. The summed E-state index contributed by atoms with van der Waals surface area (Å²) in [4.78, 5) is 17.0. The predicted molar refractivity (Wildman–Crippen MR) is 87.9 cm³/mol. The number of carbonyl (C=O) groups is 1. The molecule has 1 amide bonds. The Hall–Kier alpha value is -1.42. The Balaban J connectivity index is 1.38. The van der Waals surface area contributed by atoms with E-state index >= 15 is 0 Å². The van der Waals surface area contributed by atoms with Gasteiger partial charge in [-0.2, -0.15) is 0 Å². The summed E-state index contributed by atoms with van der Waals surface area (Å²) in [5, 5.41) is 3.38. The van der Waals surface area contributed by atoms with E-state index in [1.807, 2.05) is 23.7 Å². The van der Waals surface area contributed by atoms with E-state index in [4.69, 9.17) is 0 Å². The number of carbonyl (C=O) groups excluding carboxylic acids is 1. The van der Waals surface area contributed by atoms with Crippen molar-refractivity contribution in [3.63, 3.8) is 0 Å². The van der Waals surface area contributed by atoms with E-state index in [1.165, 1.54) is 32.1 Å². The molecule has 114 valence electrons. The topological polar surface area (TPSA) is 42.0 Å². The first-order valence-electron chi connectivity index (χ1n) is 8.40. The molecule has 0 spiro atoms. The van der Waals surface area contributed by atoms with Crippen LogP contribution in [-0.2, 0) is 0 Å². The molecule has 2 aromatic rings. The summed E-state index contributed by atoms with van der Waals surface area (Å²) < 4.78 is 1.10. The quantitative estimate of drug-likeness (QED) is 0.915. The summed E-state index contributed by atoms with van der Waals surface area (Å²) in [6.07, 6.45) is 6.81. The fraction of sp³-hybridized carbons (Fsp3) is 0.556. The Kier molecular flexibility index (Phi) is 2.84. The summed E-state index contributed by atoms with van der Waals surface area (Å²) in [5.41, 5.74) is 3.60. The summed E-state index contributed by atoms with van der Waals surface area (Å²) in [6, 6.07) is 6.27. The first-order chi connectivity index (χ1) is 10.8. The van der Waals surface area contributed by atoms with E-state index in [-0.39, 0.29) is 5.91 Å². The lowest BCUT2D eigenvalue weighted by Gasteiger charge is -2.54. The van der Waals surface area contributed by atoms with Crippen LogP contribution in [0.3, 0.4) is 0 Å². The molecule has 4 aliphatic rings. The van der Waals surface area contributed by atoms with Gasteiger partial charge in [-0.3, -0.25) is 4.79 Å². The number of thiazole rings is 1. The fourth-order valence-electron chi connectivity index (χ4n) is 5.39. The molecule has 6 rings (SSSR count). The van der Waals surface area contributed by atoms with Gasteiger partial charge in [-0.25, -0.2) is 4.98 Å². The number of nitrogens with zero attached hydrogens (tertiary/aromatic N) is 1. The molecular formula is C18H20N2OS. The van der Waals surface area contributed by atoms with Gasteiger partial charge in [0.15, 0.2) is 0 Å². The lowest BCUT2D eigenvalue weighted by molar-refractivity contribution is -0.0119. The number of rotatable bonds is 2. The zero-order chi connectivity index (χ0) is 14.7. The van der Waals surface area contributed by atoms with Gasteiger partial charge in [-0.15, -0.1) is 11.3 Å². The Morgan fingerprint density at radius 1 is 1.09 bits per heavy atom. The van der Waals surface area contributed by atoms with E-state index in [2.05, 4.69) is 10.3 Å². The zero-order valence-corrected chi connectivity index (χ0v) is 13.3. The highest BCUT2D eigenvalue weighted by molar-refractivity contribution is 7.16. The monoisotopic (exact) mass is 312 g/mol. The molecule has 1 aromatic heterocycles. The maximum absolute atomic E-state index is 12.7. The fourth-order valence-corrected chi connectivity index (χ4v) is 6.11. The van der Waals surface area contributed by atoms with Crippen LogP contribution in [0.25, 0.3) is 10.2 Å². The van der Waals surface area contributed by atoms with Crippen LogP contribution in [0, 0.1) is 23.7 Å². The first kappa shape index (κ1) is 13.1. The third-order valence-electron chi connectivity index (χ3n) is 6.12. The maximum Gasteiger partial charge on any atom is 0.251 e. The molecule has 0 unspecified atom stereocenters. The van der Waals surface area contributed by atoms with Crippen molar-refractivity contribution in [2.45, 2.75) is 38.1 Å². The number of aromatic nitrogens is 1. The number of hydrogen-bond donors (Lipinski definition) is 1. The van der Waals surface area contributed by atoms with E-state index in [1.54, 1.807) is 11.3 Å². The molecular weight excluding hydrogens is 292 g/mol. The van der Waals surface area contributed by atoms with Crippen molar-refractivity contribution in [1.29, 1.82) is 0 Å². The smallest absolute Gasteiger partial charge is 0.251 e. The molecule has 4 bridgehead atoms. The molecule has 4 fully saturated rings. The largest absolute Gasteiger partial charge is 0.349 e. The van der Waals surface area contributed by atoms with Gasteiger partial charge in [0.05, 0.1) is 15.7 Å². The predicted octanol–water partition coefficient (Wildman–Crippen LogP) is 3.85. The van der Waals surface area contributed by atoms with Gasteiger partial charge < -0.3 is 5.32 Å². The SMILES string of the molecule is O=C(NC1C2CC3CC(C2)CC1C3)c1ccc2ncsc2c1. The van der Waals surface area contributed by atoms with E-state index in [0.717, 1.165) is 39.5 Å². The van der Waals surface area contributed by atoms with Gasteiger partial charge in [0.2, 0.25) is 0 Å². The number of amides is 1. The molecule has 0 atom stereocenters. The van der Waals surface area contributed by atoms with Crippen LogP contribution in [0.5, 0.6) is 0 Å². The second-order valence-electron chi connectivity index (χ2n) is 7.46. The van der Waals surface area contributed by atoms with Crippen molar-refractivity contribution >= 4 is 27.5 Å². The van der Waals surface area contributed by atoms with Crippen LogP contribution in [0.4, 0.5) is 0 Å². The van der Waals surface area contributed by atoms with Gasteiger partial charge in [0.25, 0.3) is 5.91 Å². The van der Waals surface area contributed by atoms with Gasteiger partial charge in [-0.05, 0) is 74.0 Å². The van der Waals surface area contributed by atoms with Crippen LogP contribution in [0.1, 0.15) is 42.5 Å². The van der Waals surface area contributed by atoms with Crippen LogP contribution in [0.2, 0.25) is 0 Å². The highest BCUT2D eigenvalue weighted by atomic mass is 32.1. The van der Waals surface area contributed by atoms with Gasteiger partial charge in [0, 0.05) is 11.6 Å². The molecule has 1 aromatic carbocycles. The van der Waals surface area contributed by atoms with Crippen LogP contribution >= 0.6 is 11.3 Å². The first-order valence-corrected chi connectivity index (χ1v) is 9.28. The number of hydrogen-bond acceptors (Lipinski definition) is 3. The van der Waals surface area contributed by atoms with Crippen LogP contribution in [-0.4, -0.2) is 16.9 Å². The minimum Gasteiger partial charge on any atom is -0.349 e. The summed E-state index contributed by atoms with van der Waals surface area (Å²) >= 11 is 1.60. The standard InChI is InChI=1S/C18H20N2OS/c21-18(12-1-2-15-16(8-12)22-9-19-15)20-17-13-4-10-3-11(6-13)7-14(17)5-10/h1-2,8-11,13-14,17H,3-7H2,(H,20,21). The average Bonchev–Trinajstić information content (AvgIpc) is 2.97. The minimum absolute atomic E-state index is 0.104. The number of fused-ring (bicyclic) bond motifs is 1. The molecule has 0 saturated heterocycles. The van der Waals surface area contributed by atoms with Gasteiger partial charge in [0.1, 0.15) is 0 Å². The summed E-state index contributed by atoms with van der Waals surface area (Å²) in [6.45, 7) is 0. The second-order valence-corrected chi connectivity index (χ2v) is 8.35. The summed E-state index contributed by atoms with van der Waals surface area (Å²) in [5.74, 6) is 3.46. The highest BCUT2D eigenvalue weighted by Gasteiger charge is 2.48. The van der Waals surface area contributed by atoms with Gasteiger partial charge in [-0.1, -0.05) is 0 Å². The molecule has 4 heteroatoms. The molecule has 22 heavy (non-hydrogen) atoms. The Morgan fingerprint density at radius 3 is 2.55 bits per heavy atom. The van der Waals surface area contributed by atoms with Crippen molar-refractivity contribution in [3.05, 3.63) is 29.3 Å². The molecule has 4 aliphatic carbocycles. The lowest BCUT2D eigenvalue weighted by atomic mass is 9.54. The highest BCUT2D eigenvalue weighted by Crippen LogP contribution is 2.53. The Labute approximate surface area is 134 Å². The molecule has 0 radical (unpaired) electrons. The van der Waals surface area contributed by atoms with E-state index < -0.39 is 0 Å². The van der Waals surface area contributed by atoms with Crippen LogP contribution in [0.15, 0.2) is 23.7 Å². The number of nitrogens with one attached hydrogen (secondary N) is 1. The zero-order valence-electron chi connectivity index (χ0n) is 12.5. The van der Waals surface area contributed by atoms with E-state index in [9.17, 15) is 4.79 Å². The van der Waals surface area contributed by atoms with Crippen molar-refractivity contribution in [2.24, 2.45) is 23.7 Å². The van der Waals surface area contributed by atoms with Crippen molar-refractivity contribution < 1.29 is 4.79 Å². The average molecular weight is 312 g/mol. The Bertz CT molecular complexity index is 710.